The fourth-order valence-electron chi connectivity index (χ4n) is 0.895. The van der Waals surface area contributed by atoms with E-state index in [4.69, 9.17) is 5.73 Å². The SMILES string of the molecule is CC(O)(CN)C1CNC1. The van der Waals surface area contributed by atoms with Crippen LogP contribution in [-0.2, 0) is 0 Å². The van der Waals surface area contributed by atoms with E-state index in [9.17, 15) is 5.11 Å². The molecule has 1 saturated heterocycles. The van der Waals surface area contributed by atoms with Crippen molar-refractivity contribution in [1.29, 1.82) is 0 Å². The van der Waals surface area contributed by atoms with Crippen molar-refractivity contribution in [3.8, 4) is 0 Å². The smallest absolute Gasteiger partial charge is 0.0793 e. The van der Waals surface area contributed by atoms with Crippen LogP contribution in [-0.4, -0.2) is 30.3 Å². The molecular formula is C6H14N2O. The Hall–Kier alpha value is -0.120. The molecule has 1 aliphatic heterocycles. The summed E-state index contributed by atoms with van der Waals surface area (Å²) in [5.74, 6) is 0.363. The highest BCUT2D eigenvalue weighted by atomic mass is 16.3. The Kier molecular flexibility index (Phi) is 1.75. The highest BCUT2D eigenvalue weighted by molar-refractivity contribution is 4.91. The van der Waals surface area contributed by atoms with Crippen LogP contribution < -0.4 is 11.1 Å². The average Bonchev–Trinajstić information content (AvgIpc) is 1.60. The quantitative estimate of drug-likeness (QED) is 0.445. The van der Waals surface area contributed by atoms with Crippen LogP contribution in [0.25, 0.3) is 0 Å². The summed E-state index contributed by atoms with van der Waals surface area (Å²) < 4.78 is 0. The second kappa shape index (κ2) is 2.25. The third-order valence-corrected chi connectivity index (χ3v) is 2.07. The molecule has 0 aromatic heterocycles. The molecule has 0 bridgehead atoms. The van der Waals surface area contributed by atoms with Crippen molar-refractivity contribution in [3.63, 3.8) is 0 Å². The number of hydrogen-bond acceptors (Lipinski definition) is 3. The van der Waals surface area contributed by atoms with E-state index in [1.54, 1.807) is 6.92 Å². The lowest BCUT2D eigenvalue weighted by molar-refractivity contribution is -0.0145. The van der Waals surface area contributed by atoms with E-state index in [0.29, 0.717) is 12.5 Å². The molecule has 4 N–H and O–H groups in total. The summed E-state index contributed by atoms with van der Waals surface area (Å²) in [7, 11) is 0. The summed E-state index contributed by atoms with van der Waals surface area (Å²) >= 11 is 0. The Morgan fingerprint density at radius 2 is 2.33 bits per heavy atom. The van der Waals surface area contributed by atoms with Gasteiger partial charge in [-0.05, 0) is 6.92 Å². The van der Waals surface area contributed by atoms with Crippen LogP contribution in [0.1, 0.15) is 6.92 Å². The molecule has 1 rings (SSSR count). The summed E-state index contributed by atoms with van der Waals surface area (Å²) in [6, 6.07) is 0. The second-order valence-electron chi connectivity index (χ2n) is 2.92. The Balaban J connectivity index is 2.37. The number of nitrogens with two attached hydrogens (primary N) is 1. The molecule has 0 aliphatic carbocycles. The molecular weight excluding hydrogens is 116 g/mol. The minimum atomic E-state index is -0.648. The maximum absolute atomic E-state index is 9.48. The first-order chi connectivity index (χ1) is 4.17. The molecule has 1 atom stereocenters. The summed E-state index contributed by atoms with van der Waals surface area (Å²) in [6.07, 6.45) is 0. The van der Waals surface area contributed by atoms with E-state index in [1.807, 2.05) is 0 Å². The molecule has 1 aliphatic rings. The van der Waals surface area contributed by atoms with Gasteiger partial charge in [0.2, 0.25) is 0 Å². The van der Waals surface area contributed by atoms with E-state index in [-0.39, 0.29) is 0 Å². The zero-order chi connectivity index (χ0) is 6.91. The van der Waals surface area contributed by atoms with Gasteiger partial charge in [-0.25, -0.2) is 0 Å². The summed E-state index contributed by atoms with van der Waals surface area (Å²) in [6.45, 7) is 3.96. The maximum Gasteiger partial charge on any atom is 0.0793 e. The lowest BCUT2D eigenvalue weighted by atomic mass is 9.85. The van der Waals surface area contributed by atoms with E-state index < -0.39 is 5.60 Å². The minimum absolute atomic E-state index is 0.360. The highest BCUT2D eigenvalue weighted by Gasteiger charge is 2.34. The van der Waals surface area contributed by atoms with Crippen LogP contribution in [0.15, 0.2) is 0 Å². The molecule has 1 unspecified atom stereocenters. The molecule has 0 amide bonds. The van der Waals surface area contributed by atoms with Gasteiger partial charge in [0, 0.05) is 25.6 Å². The largest absolute Gasteiger partial charge is 0.388 e. The summed E-state index contributed by atoms with van der Waals surface area (Å²) in [5.41, 5.74) is 4.69. The third kappa shape index (κ3) is 1.23. The van der Waals surface area contributed by atoms with Crippen molar-refractivity contribution in [2.24, 2.45) is 11.7 Å². The predicted octanol–water partition coefficient (Wildman–Crippen LogP) is -1.08. The molecule has 0 saturated carbocycles. The third-order valence-electron chi connectivity index (χ3n) is 2.07. The molecule has 1 heterocycles. The van der Waals surface area contributed by atoms with E-state index in [2.05, 4.69) is 5.32 Å². The minimum Gasteiger partial charge on any atom is -0.388 e. The standard InChI is InChI=1S/C6H14N2O/c1-6(9,4-7)5-2-8-3-5/h5,8-9H,2-4,7H2,1H3. The molecule has 3 nitrogen and oxygen atoms in total. The van der Waals surface area contributed by atoms with Crippen LogP contribution in [0.2, 0.25) is 0 Å². The predicted molar refractivity (Wildman–Crippen MR) is 36.0 cm³/mol. The lowest BCUT2D eigenvalue weighted by Crippen LogP contribution is -2.57. The average molecular weight is 130 g/mol. The maximum atomic E-state index is 9.48. The zero-order valence-electron chi connectivity index (χ0n) is 5.72. The fraction of sp³-hybridized carbons (Fsp3) is 1.00. The van der Waals surface area contributed by atoms with Crippen molar-refractivity contribution in [2.45, 2.75) is 12.5 Å². The van der Waals surface area contributed by atoms with Gasteiger partial charge in [-0.15, -0.1) is 0 Å². The first-order valence-electron chi connectivity index (χ1n) is 3.30. The van der Waals surface area contributed by atoms with Crippen LogP contribution in [0.3, 0.4) is 0 Å². The Labute approximate surface area is 55.2 Å². The van der Waals surface area contributed by atoms with Gasteiger partial charge in [-0.2, -0.15) is 0 Å². The number of nitrogens with one attached hydrogen (secondary N) is 1. The van der Waals surface area contributed by atoms with Crippen molar-refractivity contribution in [3.05, 3.63) is 0 Å². The number of aliphatic hydroxyl groups is 1. The van der Waals surface area contributed by atoms with Crippen LogP contribution in [0, 0.1) is 5.92 Å². The van der Waals surface area contributed by atoms with Crippen molar-refractivity contribution >= 4 is 0 Å². The van der Waals surface area contributed by atoms with Gasteiger partial charge >= 0.3 is 0 Å². The van der Waals surface area contributed by atoms with E-state index in [1.165, 1.54) is 0 Å². The van der Waals surface area contributed by atoms with E-state index >= 15 is 0 Å². The summed E-state index contributed by atoms with van der Waals surface area (Å²) in [4.78, 5) is 0. The first-order valence-corrected chi connectivity index (χ1v) is 3.30. The van der Waals surface area contributed by atoms with Gasteiger partial charge in [-0.1, -0.05) is 0 Å². The Morgan fingerprint density at radius 1 is 1.78 bits per heavy atom. The molecule has 0 spiro atoms. The summed E-state index contributed by atoms with van der Waals surface area (Å²) in [5, 5.41) is 12.6. The van der Waals surface area contributed by atoms with Gasteiger partial charge in [-0.3, -0.25) is 0 Å². The molecule has 0 radical (unpaired) electrons. The molecule has 3 heteroatoms. The first kappa shape index (κ1) is 6.99. The van der Waals surface area contributed by atoms with Crippen LogP contribution >= 0.6 is 0 Å². The monoisotopic (exact) mass is 130 g/mol. The highest BCUT2D eigenvalue weighted by Crippen LogP contribution is 2.18. The number of hydrogen-bond donors (Lipinski definition) is 3. The van der Waals surface area contributed by atoms with Gasteiger partial charge in [0.15, 0.2) is 0 Å². The molecule has 0 aromatic carbocycles. The normalized spacial score (nSPS) is 27.0. The van der Waals surface area contributed by atoms with E-state index in [0.717, 1.165) is 13.1 Å². The molecule has 9 heavy (non-hydrogen) atoms. The zero-order valence-corrected chi connectivity index (χ0v) is 5.72. The molecule has 0 aromatic rings. The van der Waals surface area contributed by atoms with Crippen LogP contribution in [0.5, 0.6) is 0 Å². The molecule has 54 valence electrons. The van der Waals surface area contributed by atoms with Gasteiger partial charge in [0.25, 0.3) is 0 Å². The van der Waals surface area contributed by atoms with Gasteiger partial charge in [0.05, 0.1) is 5.60 Å². The van der Waals surface area contributed by atoms with Crippen LogP contribution in [0.4, 0.5) is 0 Å². The fourth-order valence-corrected chi connectivity index (χ4v) is 0.895. The van der Waals surface area contributed by atoms with Crippen molar-refractivity contribution in [2.75, 3.05) is 19.6 Å². The molecule has 1 fully saturated rings. The van der Waals surface area contributed by atoms with Gasteiger partial charge in [0.1, 0.15) is 0 Å². The topological polar surface area (TPSA) is 58.3 Å². The van der Waals surface area contributed by atoms with Crippen molar-refractivity contribution < 1.29 is 5.11 Å². The number of rotatable bonds is 2. The Morgan fingerprint density at radius 3 is 2.44 bits per heavy atom. The second-order valence-corrected chi connectivity index (χ2v) is 2.92. The Bertz CT molecular complexity index is 99.2. The lowest BCUT2D eigenvalue weighted by Gasteiger charge is -2.38. The van der Waals surface area contributed by atoms with Crippen molar-refractivity contribution in [1.82, 2.24) is 5.32 Å². The van der Waals surface area contributed by atoms with Gasteiger partial charge < -0.3 is 16.2 Å².